The number of carbonyl (C=O) groups excluding carboxylic acids is 1. The van der Waals surface area contributed by atoms with E-state index in [-0.39, 0.29) is 18.9 Å². The Morgan fingerprint density at radius 1 is 0.923 bits per heavy atom. The zero-order chi connectivity index (χ0) is 27.5. The second-order valence-electron chi connectivity index (χ2n) is 8.86. The van der Waals surface area contributed by atoms with Crippen molar-refractivity contribution < 1.29 is 27.7 Å². The lowest BCUT2D eigenvalue weighted by atomic mass is 9.94. The Hall–Kier alpha value is -3.55. The van der Waals surface area contributed by atoms with Crippen molar-refractivity contribution in [2.45, 2.75) is 25.9 Å². The van der Waals surface area contributed by atoms with Gasteiger partial charge < -0.3 is 10.1 Å². The second-order valence-corrected chi connectivity index (χ2v) is 10.7. The van der Waals surface area contributed by atoms with Crippen LogP contribution < -0.4 is 10.1 Å². The number of nitrogens with zero attached hydrogens (tertiary/aromatic N) is 1. The normalized spacial score (nSPS) is 11.4. The molecule has 4 aromatic rings. The molecule has 0 bridgehead atoms. The summed E-state index contributed by atoms with van der Waals surface area (Å²) < 4.78 is 32.6. The highest BCUT2D eigenvalue weighted by atomic mass is 31.2. The Kier molecular flexibility index (Phi) is 10.2. The number of hydrogen-bond acceptors (Lipinski definition) is 7. The molecule has 39 heavy (non-hydrogen) atoms. The number of rotatable bonds is 14. The molecule has 0 unspecified atom stereocenters. The third-order valence-corrected chi connectivity index (χ3v) is 7.56. The molecule has 0 spiro atoms. The van der Waals surface area contributed by atoms with Crippen LogP contribution in [0.1, 0.15) is 24.0 Å². The first kappa shape index (κ1) is 28.5. The van der Waals surface area contributed by atoms with Crippen LogP contribution in [0.25, 0.3) is 22.0 Å². The average Bonchev–Trinajstić information content (AvgIpc) is 2.98. The number of phosphoric acid groups is 1. The summed E-state index contributed by atoms with van der Waals surface area (Å²) in [6.07, 6.45) is 3.20. The number of phosphoric ester groups is 1. The summed E-state index contributed by atoms with van der Waals surface area (Å²) in [5.41, 5.74) is 4.70. The molecule has 0 fully saturated rings. The molecule has 9 heteroatoms. The van der Waals surface area contributed by atoms with Crippen LogP contribution in [-0.4, -0.2) is 38.3 Å². The smallest absolute Gasteiger partial charge is 0.474 e. The SMILES string of the molecule is COP(=O)(OC)OCCCCNC(=O)Cc1cnc2ccccc2c1-c1cccc(OCc2ccccc2)c1. The molecular weight excluding hydrogens is 515 g/mol. The van der Waals surface area contributed by atoms with Gasteiger partial charge in [-0.05, 0) is 53.3 Å². The zero-order valence-corrected chi connectivity index (χ0v) is 23.1. The maximum atomic E-state index is 12.9. The summed E-state index contributed by atoms with van der Waals surface area (Å²) in [5, 5.41) is 3.93. The van der Waals surface area contributed by atoms with E-state index in [1.807, 2.05) is 78.9 Å². The number of para-hydroxylation sites is 1. The fourth-order valence-corrected chi connectivity index (χ4v) is 4.90. The lowest BCUT2D eigenvalue weighted by Gasteiger charge is -2.15. The number of pyridine rings is 1. The van der Waals surface area contributed by atoms with Gasteiger partial charge in [0.05, 0.1) is 18.5 Å². The predicted molar refractivity (Wildman–Crippen MR) is 151 cm³/mol. The van der Waals surface area contributed by atoms with Gasteiger partial charge in [-0.2, -0.15) is 0 Å². The van der Waals surface area contributed by atoms with E-state index in [2.05, 4.69) is 10.3 Å². The monoisotopic (exact) mass is 548 g/mol. The zero-order valence-electron chi connectivity index (χ0n) is 22.2. The molecule has 1 heterocycles. The minimum Gasteiger partial charge on any atom is -0.489 e. The molecule has 1 aromatic heterocycles. The first-order chi connectivity index (χ1) is 19.0. The lowest BCUT2D eigenvalue weighted by molar-refractivity contribution is -0.120. The standard InChI is InChI=1S/C30H33N2O6P/c1-35-39(34,36-2)38-18-9-8-17-31-29(33)20-25-21-32-28-16-7-6-15-27(28)30(25)24-13-10-14-26(19-24)37-22-23-11-4-3-5-12-23/h3-7,10-16,19,21H,8-9,17-18,20,22H2,1-2H3,(H,31,33). The van der Waals surface area contributed by atoms with E-state index in [0.29, 0.717) is 26.0 Å². The fourth-order valence-electron chi connectivity index (χ4n) is 4.19. The Labute approximate surface area is 228 Å². The Bertz CT molecular complexity index is 1420. The highest BCUT2D eigenvalue weighted by Gasteiger charge is 2.22. The van der Waals surface area contributed by atoms with Crippen LogP contribution in [0.4, 0.5) is 0 Å². The van der Waals surface area contributed by atoms with E-state index in [9.17, 15) is 9.36 Å². The molecule has 204 valence electrons. The second kappa shape index (κ2) is 14.0. The van der Waals surface area contributed by atoms with Gasteiger partial charge in [0.2, 0.25) is 5.91 Å². The molecule has 0 atom stereocenters. The molecule has 3 aromatic carbocycles. The van der Waals surface area contributed by atoms with Crippen LogP contribution in [0.3, 0.4) is 0 Å². The Morgan fingerprint density at radius 2 is 1.69 bits per heavy atom. The van der Waals surface area contributed by atoms with Gasteiger partial charge in [0.15, 0.2) is 0 Å². The summed E-state index contributed by atoms with van der Waals surface area (Å²) in [5.74, 6) is 0.645. The Morgan fingerprint density at radius 3 is 2.49 bits per heavy atom. The maximum Gasteiger partial charge on any atom is 0.474 e. The molecule has 0 aliphatic rings. The number of nitrogens with one attached hydrogen (secondary N) is 1. The van der Waals surface area contributed by atoms with E-state index in [4.69, 9.17) is 18.3 Å². The van der Waals surface area contributed by atoms with Crippen molar-refractivity contribution >= 4 is 24.6 Å². The molecule has 4 rings (SSSR count). The van der Waals surface area contributed by atoms with Crippen molar-refractivity contribution in [3.05, 3.63) is 96.2 Å². The summed E-state index contributed by atoms with van der Waals surface area (Å²) in [6.45, 7) is 1.14. The van der Waals surface area contributed by atoms with Crippen LogP contribution in [0, 0.1) is 0 Å². The quantitative estimate of drug-likeness (QED) is 0.145. The van der Waals surface area contributed by atoms with Gasteiger partial charge in [-0.15, -0.1) is 0 Å². The van der Waals surface area contributed by atoms with Crippen LogP contribution in [0.15, 0.2) is 85.1 Å². The highest BCUT2D eigenvalue weighted by molar-refractivity contribution is 7.48. The molecule has 0 aliphatic heterocycles. The summed E-state index contributed by atoms with van der Waals surface area (Å²) in [4.78, 5) is 17.5. The number of hydrogen-bond donors (Lipinski definition) is 1. The van der Waals surface area contributed by atoms with Crippen LogP contribution in [0.5, 0.6) is 5.75 Å². The van der Waals surface area contributed by atoms with Gasteiger partial charge in [-0.3, -0.25) is 23.3 Å². The molecule has 0 saturated carbocycles. The van der Waals surface area contributed by atoms with Crippen molar-refractivity contribution in [3.8, 4) is 16.9 Å². The number of benzene rings is 3. The largest absolute Gasteiger partial charge is 0.489 e. The number of aromatic nitrogens is 1. The van der Waals surface area contributed by atoms with Crippen molar-refractivity contribution in [2.75, 3.05) is 27.4 Å². The number of amides is 1. The van der Waals surface area contributed by atoms with Gasteiger partial charge in [0.25, 0.3) is 0 Å². The average molecular weight is 549 g/mol. The van der Waals surface area contributed by atoms with Gasteiger partial charge >= 0.3 is 7.82 Å². The molecule has 0 radical (unpaired) electrons. The molecule has 0 saturated heterocycles. The fraction of sp³-hybridized carbons (Fsp3) is 0.267. The van der Waals surface area contributed by atoms with Crippen molar-refractivity contribution in [3.63, 3.8) is 0 Å². The minimum absolute atomic E-state index is 0.106. The van der Waals surface area contributed by atoms with E-state index in [0.717, 1.165) is 38.9 Å². The number of carbonyl (C=O) groups is 1. The third kappa shape index (κ3) is 7.97. The van der Waals surface area contributed by atoms with Crippen molar-refractivity contribution in [1.82, 2.24) is 10.3 Å². The van der Waals surface area contributed by atoms with E-state index in [1.165, 1.54) is 14.2 Å². The summed E-state index contributed by atoms with van der Waals surface area (Å²) >= 11 is 0. The molecule has 0 aliphatic carbocycles. The third-order valence-electron chi connectivity index (χ3n) is 6.17. The molecule has 1 amide bonds. The topological polar surface area (TPSA) is 96.0 Å². The van der Waals surface area contributed by atoms with E-state index < -0.39 is 7.82 Å². The van der Waals surface area contributed by atoms with Crippen molar-refractivity contribution in [1.29, 1.82) is 0 Å². The number of ether oxygens (including phenoxy) is 1. The molecule has 1 N–H and O–H groups in total. The number of fused-ring (bicyclic) bond motifs is 1. The summed E-state index contributed by atoms with van der Waals surface area (Å²) in [7, 11) is -0.933. The van der Waals surface area contributed by atoms with Gasteiger partial charge in [0, 0.05) is 32.3 Å². The predicted octanol–water partition coefficient (Wildman–Crippen LogP) is 6.34. The summed E-state index contributed by atoms with van der Waals surface area (Å²) in [6, 6.07) is 25.9. The molecule has 8 nitrogen and oxygen atoms in total. The first-order valence-electron chi connectivity index (χ1n) is 12.8. The Balaban J connectivity index is 1.44. The number of unbranched alkanes of at least 4 members (excludes halogenated alkanes) is 1. The van der Waals surface area contributed by atoms with E-state index in [1.54, 1.807) is 6.20 Å². The minimum atomic E-state index is -3.48. The first-order valence-corrected chi connectivity index (χ1v) is 14.2. The van der Waals surface area contributed by atoms with Crippen LogP contribution in [-0.2, 0) is 36.0 Å². The van der Waals surface area contributed by atoms with Crippen molar-refractivity contribution in [2.24, 2.45) is 0 Å². The van der Waals surface area contributed by atoms with E-state index >= 15 is 0 Å². The molecular formula is C30H33N2O6P. The van der Waals surface area contributed by atoms with Crippen LogP contribution >= 0.6 is 7.82 Å². The van der Waals surface area contributed by atoms with Gasteiger partial charge in [0.1, 0.15) is 12.4 Å². The van der Waals surface area contributed by atoms with Gasteiger partial charge in [-0.1, -0.05) is 60.7 Å². The van der Waals surface area contributed by atoms with Crippen LogP contribution in [0.2, 0.25) is 0 Å². The highest BCUT2D eigenvalue weighted by Crippen LogP contribution is 2.47. The van der Waals surface area contributed by atoms with Gasteiger partial charge in [-0.25, -0.2) is 4.57 Å². The maximum absolute atomic E-state index is 12.9. The lowest BCUT2D eigenvalue weighted by Crippen LogP contribution is -2.26.